The first kappa shape index (κ1) is 14.6. The largest absolute Gasteiger partial charge is 0.468 e. The van der Waals surface area contributed by atoms with E-state index >= 15 is 0 Å². The van der Waals surface area contributed by atoms with Crippen LogP contribution >= 0.6 is 0 Å². The topological polar surface area (TPSA) is 42.4 Å². The van der Waals surface area contributed by atoms with Gasteiger partial charge in [-0.25, -0.2) is 0 Å². The Hall–Kier alpha value is -0.800. The zero-order valence-electron chi connectivity index (χ0n) is 12.3. The van der Waals surface area contributed by atoms with Crippen molar-refractivity contribution in [2.24, 2.45) is 11.7 Å². The Bertz CT molecular complexity index is 342. The molecule has 3 nitrogen and oxygen atoms in total. The smallest absolute Gasteiger partial charge is 0.122 e. The number of hydrogen-bond acceptors (Lipinski definition) is 3. The van der Waals surface area contributed by atoms with E-state index in [0.717, 1.165) is 31.2 Å². The SMILES string of the molecule is CCCC1CCN(C(c2ccco2)C(N)CC)CC1. The van der Waals surface area contributed by atoms with Crippen LogP contribution in [0, 0.1) is 5.92 Å². The van der Waals surface area contributed by atoms with Gasteiger partial charge in [0.15, 0.2) is 0 Å². The van der Waals surface area contributed by atoms with Crippen LogP contribution in [0.2, 0.25) is 0 Å². The van der Waals surface area contributed by atoms with Crippen molar-refractivity contribution in [2.75, 3.05) is 13.1 Å². The minimum atomic E-state index is 0.161. The van der Waals surface area contributed by atoms with E-state index in [0.29, 0.717) is 0 Å². The lowest BCUT2D eigenvalue weighted by Gasteiger charge is -2.39. The number of piperidine rings is 1. The van der Waals surface area contributed by atoms with Crippen LogP contribution in [0.3, 0.4) is 0 Å². The molecule has 108 valence electrons. The zero-order chi connectivity index (χ0) is 13.7. The van der Waals surface area contributed by atoms with Crippen LogP contribution < -0.4 is 5.73 Å². The molecule has 1 aromatic heterocycles. The predicted octanol–water partition coefficient (Wildman–Crippen LogP) is 3.57. The third-order valence-electron chi connectivity index (χ3n) is 4.45. The lowest BCUT2D eigenvalue weighted by molar-refractivity contribution is 0.0975. The molecule has 1 aromatic rings. The molecule has 19 heavy (non-hydrogen) atoms. The monoisotopic (exact) mass is 264 g/mol. The fourth-order valence-corrected chi connectivity index (χ4v) is 3.27. The summed E-state index contributed by atoms with van der Waals surface area (Å²) in [5.41, 5.74) is 6.33. The van der Waals surface area contributed by atoms with E-state index < -0.39 is 0 Å². The average molecular weight is 264 g/mol. The molecule has 2 rings (SSSR count). The normalized spacial score (nSPS) is 21.4. The highest BCUT2D eigenvalue weighted by atomic mass is 16.3. The number of nitrogens with zero attached hydrogens (tertiary/aromatic N) is 1. The molecule has 1 fully saturated rings. The average Bonchev–Trinajstić information content (AvgIpc) is 2.95. The van der Waals surface area contributed by atoms with E-state index in [1.807, 2.05) is 6.07 Å². The molecule has 3 heteroatoms. The number of likely N-dealkylation sites (tertiary alicyclic amines) is 1. The number of rotatable bonds is 6. The van der Waals surface area contributed by atoms with Gasteiger partial charge in [0.25, 0.3) is 0 Å². The molecule has 2 atom stereocenters. The highest BCUT2D eigenvalue weighted by molar-refractivity contribution is 5.08. The Labute approximate surface area is 117 Å². The quantitative estimate of drug-likeness (QED) is 0.854. The van der Waals surface area contributed by atoms with Gasteiger partial charge in [-0.2, -0.15) is 0 Å². The predicted molar refractivity (Wildman–Crippen MR) is 78.9 cm³/mol. The molecule has 1 aliphatic heterocycles. The van der Waals surface area contributed by atoms with Crippen molar-refractivity contribution in [3.8, 4) is 0 Å². The molecule has 0 saturated carbocycles. The second-order valence-corrected chi connectivity index (χ2v) is 5.80. The van der Waals surface area contributed by atoms with Crippen molar-refractivity contribution < 1.29 is 4.42 Å². The van der Waals surface area contributed by atoms with Gasteiger partial charge in [0, 0.05) is 6.04 Å². The highest BCUT2D eigenvalue weighted by Gasteiger charge is 2.30. The van der Waals surface area contributed by atoms with Gasteiger partial charge in [-0.1, -0.05) is 26.7 Å². The molecule has 1 aliphatic rings. The third kappa shape index (κ3) is 3.61. The third-order valence-corrected chi connectivity index (χ3v) is 4.45. The zero-order valence-corrected chi connectivity index (χ0v) is 12.3. The molecule has 2 unspecified atom stereocenters. The minimum absolute atomic E-state index is 0.161. The summed E-state index contributed by atoms with van der Waals surface area (Å²) in [7, 11) is 0. The number of furan rings is 1. The van der Waals surface area contributed by atoms with Crippen LogP contribution in [0.15, 0.2) is 22.8 Å². The van der Waals surface area contributed by atoms with Crippen molar-refractivity contribution in [1.82, 2.24) is 4.90 Å². The first-order chi connectivity index (χ1) is 9.26. The number of hydrogen-bond donors (Lipinski definition) is 1. The summed E-state index contributed by atoms with van der Waals surface area (Å²) in [6, 6.07) is 4.45. The summed E-state index contributed by atoms with van der Waals surface area (Å²) in [6.07, 6.45) is 8.04. The van der Waals surface area contributed by atoms with Crippen LogP contribution in [-0.4, -0.2) is 24.0 Å². The maximum Gasteiger partial charge on any atom is 0.122 e. The fraction of sp³-hybridized carbons (Fsp3) is 0.750. The molecular weight excluding hydrogens is 236 g/mol. The Morgan fingerprint density at radius 1 is 1.37 bits per heavy atom. The van der Waals surface area contributed by atoms with Gasteiger partial charge in [0.05, 0.1) is 12.3 Å². The first-order valence-electron chi connectivity index (χ1n) is 7.79. The van der Waals surface area contributed by atoms with Gasteiger partial charge in [-0.3, -0.25) is 4.90 Å². The fourth-order valence-electron chi connectivity index (χ4n) is 3.27. The van der Waals surface area contributed by atoms with E-state index in [1.54, 1.807) is 6.26 Å². The summed E-state index contributed by atoms with van der Waals surface area (Å²) in [5, 5.41) is 0. The molecule has 0 aliphatic carbocycles. The lowest BCUT2D eigenvalue weighted by Crippen LogP contribution is -2.44. The molecule has 1 saturated heterocycles. The van der Waals surface area contributed by atoms with Crippen molar-refractivity contribution in [3.05, 3.63) is 24.2 Å². The maximum atomic E-state index is 6.33. The summed E-state index contributed by atoms with van der Waals surface area (Å²) < 4.78 is 5.62. The molecule has 0 aromatic carbocycles. The van der Waals surface area contributed by atoms with Gasteiger partial charge in [-0.05, 0) is 50.4 Å². The first-order valence-corrected chi connectivity index (χ1v) is 7.79. The van der Waals surface area contributed by atoms with E-state index in [1.165, 1.54) is 25.7 Å². The summed E-state index contributed by atoms with van der Waals surface area (Å²) in [4.78, 5) is 2.53. The van der Waals surface area contributed by atoms with Crippen LogP contribution in [0.25, 0.3) is 0 Å². The number of nitrogens with two attached hydrogens (primary N) is 1. The molecule has 2 N–H and O–H groups in total. The van der Waals surface area contributed by atoms with Gasteiger partial charge in [-0.15, -0.1) is 0 Å². The van der Waals surface area contributed by atoms with Gasteiger partial charge in [0.2, 0.25) is 0 Å². The Balaban J connectivity index is 2.00. The summed E-state index contributed by atoms with van der Waals surface area (Å²) >= 11 is 0. The van der Waals surface area contributed by atoms with E-state index in [4.69, 9.17) is 10.2 Å². The molecule has 0 bridgehead atoms. The van der Waals surface area contributed by atoms with Crippen LogP contribution in [0.5, 0.6) is 0 Å². The summed E-state index contributed by atoms with van der Waals surface area (Å²) in [5.74, 6) is 1.94. The summed E-state index contributed by atoms with van der Waals surface area (Å²) in [6.45, 7) is 6.75. The van der Waals surface area contributed by atoms with Crippen LogP contribution in [-0.2, 0) is 0 Å². The van der Waals surface area contributed by atoms with Gasteiger partial charge < -0.3 is 10.2 Å². The van der Waals surface area contributed by atoms with Crippen molar-refractivity contribution in [3.63, 3.8) is 0 Å². The van der Waals surface area contributed by atoms with Gasteiger partial charge >= 0.3 is 0 Å². The Morgan fingerprint density at radius 3 is 2.63 bits per heavy atom. The van der Waals surface area contributed by atoms with Gasteiger partial charge in [0.1, 0.15) is 5.76 Å². The minimum Gasteiger partial charge on any atom is -0.468 e. The molecule has 0 amide bonds. The van der Waals surface area contributed by atoms with Crippen molar-refractivity contribution in [1.29, 1.82) is 0 Å². The second-order valence-electron chi connectivity index (χ2n) is 5.80. The standard InChI is InChI=1S/C16H28N2O/c1-3-6-13-8-10-18(11-9-13)16(14(17)4-2)15-7-5-12-19-15/h5,7,12-14,16H,3-4,6,8-11,17H2,1-2H3. The Morgan fingerprint density at radius 2 is 2.11 bits per heavy atom. The van der Waals surface area contributed by atoms with Crippen LogP contribution in [0.4, 0.5) is 0 Å². The Kier molecular flexibility index (Phi) is 5.46. The lowest BCUT2D eigenvalue weighted by atomic mass is 9.90. The van der Waals surface area contributed by atoms with Crippen molar-refractivity contribution in [2.45, 2.75) is 58.0 Å². The van der Waals surface area contributed by atoms with Crippen LogP contribution in [0.1, 0.15) is 57.8 Å². The molecular formula is C16H28N2O. The highest BCUT2D eigenvalue weighted by Crippen LogP contribution is 2.31. The molecule has 0 radical (unpaired) electrons. The second kappa shape index (κ2) is 7.11. The molecule has 2 heterocycles. The van der Waals surface area contributed by atoms with Crippen molar-refractivity contribution >= 4 is 0 Å². The maximum absolute atomic E-state index is 6.33. The van der Waals surface area contributed by atoms with E-state index in [-0.39, 0.29) is 12.1 Å². The molecule has 0 spiro atoms. The van der Waals surface area contributed by atoms with E-state index in [2.05, 4.69) is 24.8 Å². The van der Waals surface area contributed by atoms with E-state index in [9.17, 15) is 0 Å².